The number of morpholine rings is 1. The Kier molecular flexibility index (Phi) is 5.00. The van der Waals surface area contributed by atoms with Gasteiger partial charge in [0.05, 0.1) is 13.2 Å². The van der Waals surface area contributed by atoms with E-state index in [9.17, 15) is 9.59 Å². The quantitative estimate of drug-likeness (QED) is 0.528. The summed E-state index contributed by atoms with van der Waals surface area (Å²) in [5.74, 6) is -0.460. The highest BCUT2D eigenvalue weighted by molar-refractivity contribution is 6.30. The van der Waals surface area contributed by atoms with E-state index in [1.807, 2.05) is 53.4 Å². The lowest BCUT2D eigenvalue weighted by Crippen LogP contribution is -2.40. The van der Waals surface area contributed by atoms with Crippen LogP contribution in [0, 0.1) is 0 Å². The van der Waals surface area contributed by atoms with Crippen molar-refractivity contribution in [2.24, 2.45) is 5.73 Å². The molecule has 0 atom stereocenters. The summed E-state index contributed by atoms with van der Waals surface area (Å²) in [4.78, 5) is 27.1. The number of amides is 2. The van der Waals surface area contributed by atoms with E-state index in [-0.39, 0.29) is 5.91 Å². The van der Waals surface area contributed by atoms with Crippen molar-refractivity contribution >= 4 is 23.4 Å². The zero-order valence-corrected chi connectivity index (χ0v) is 17.6. The molecule has 0 spiro atoms. The summed E-state index contributed by atoms with van der Waals surface area (Å²) < 4.78 is 5.36. The number of carbonyl (C=O) groups is 2. The van der Waals surface area contributed by atoms with Crippen LogP contribution in [0.2, 0.25) is 5.02 Å². The molecule has 0 saturated carbocycles. The molecule has 3 aromatic carbocycles. The Labute approximate surface area is 185 Å². The van der Waals surface area contributed by atoms with Gasteiger partial charge >= 0.3 is 0 Å². The molecule has 0 unspecified atom stereocenters. The van der Waals surface area contributed by atoms with Gasteiger partial charge in [0.2, 0.25) is 5.91 Å². The summed E-state index contributed by atoms with van der Waals surface area (Å²) in [7, 11) is 0. The molecule has 0 radical (unpaired) electrons. The van der Waals surface area contributed by atoms with Crippen LogP contribution < -0.4 is 5.73 Å². The Morgan fingerprint density at radius 1 is 0.935 bits per heavy atom. The molecule has 0 bridgehead atoms. The molecule has 2 N–H and O–H groups in total. The van der Waals surface area contributed by atoms with Gasteiger partial charge in [-0.3, -0.25) is 9.59 Å². The number of rotatable bonds is 3. The maximum Gasteiger partial charge on any atom is 0.254 e. The molecule has 31 heavy (non-hydrogen) atoms. The lowest BCUT2D eigenvalue weighted by atomic mass is 9.93. The van der Waals surface area contributed by atoms with Gasteiger partial charge in [0.15, 0.2) is 0 Å². The lowest BCUT2D eigenvalue weighted by molar-refractivity contribution is 0.0303. The normalized spacial score (nSPS) is 14.8. The van der Waals surface area contributed by atoms with E-state index in [4.69, 9.17) is 22.1 Å². The van der Waals surface area contributed by atoms with Gasteiger partial charge in [-0.25, -0.2) is 0 Å². The summed E-state index contributed by atoms with van der Waals surface area (Å²) >= 11 is 6.18. The highest BCUT2D eigenvalue weighted by Gasteiger charge is 2.27. The van der Waals surface area contributed by atoms with Gasteiger partial charge in [0.25, 0.3) is 5.91 Å². The Bertz CT molecular complexity index is 1220. The van der Waals surface area contributed by atoms with E-state index < -0.39 is 5.91 Å². The van der Waals surface area contributed by atoms with E-state index >= 15 is 0 Å². The number of halogens is 1. The van der Waals surface area contributed by atoms with Crippen LogP contribution in [0.25, 0.3) is 22.3 Å². The van der Waals surface area contributed by atoms with Gasteiger partial charge < -0.3 is 15.4 Å². The molecule has 2 aliphatic rings. The minimum atomic E-state index is -0.461. The summed E-state index contributed by atoms with van der Waals surface area (Å²) in [5, 5.41) is 0.623. The molecule has 1 heterocycles. The molecule has 2 amide bonds. The maximum absolute atomic E-state index is 13.0. The molecule has 0 aromatic heterocycles. The van der Waals surface area contributed by atoms with Gasteiger partial charge in [0, 0.05) is 29.2 Å². The molecular weight excluding hydrogens is 412 g/mol. The maximum atomic E-state index is 13.0. The van der Waals surface area contributed by atoms with E-state index in [2.05, 4.69) is 6.07 Å². The standard InChI is InChI=1S/C25H21ClN2O3/c26-19-3-1-2-15(10-19)18-13-21-20-12-17(25(30)28-6-8-31-9-7-28)5-4-16(20)11-22(21)23(14-18)24(27)29/h1-5,10,12-14H,6-9,11H2,(H2,27,29). The van der Waals surface area contributed by atoms with Crippen LogP contribution in [0.5, 0.6) is 0 Å². The lowest BCUT2D eigenvalue weighted by Gasteiger charge is -2.27. The monoisotopic (exact) mass is 432 g/mol. The van der Waals surface area contributed by atoms with Crippen LogP contribution in [0.1, 0.15) is 31.8 Å². The Morgan fingerprint density at radius 3 is 2.48 bits per heavy atom. The Hall–Kier alpha value is -3.15. The van der Waals surface area contributed by atoms with Crippen molar-refractivity contribution in [1.82, 2.24) is 4.90 Å². The molecule has 6 heteroatoms. The molecule has 156 valence electrons. The second kappa shape index (κ2) is 7.84. The number of hydrogen-bond donors (Lipinski definition) is 1. The van der Waals surface area contributed by atoms with E-state index in [1.54, 1.807) is 0 Å². The van der Waals surface area contributed by atoms with Crippen LogP contribution in [-0.4, -0.2) is 43.0 Å². The summed E-state index contributed by atoms with van der Waals surface area (Å²) in [6.45, 7) is 2.31. The third-order valence-electron chi connectivity index (χ3n) is 5.99. The first kappa shape index (κ1) is 19.8. The topological polar surface area (TPSA) is 72.6 Å². The number of nitrogens with two attached hydrogens (primary N) is 1. The first-order valence-electron chi connectivity index (χ1n) is 10.2. The summed E-state index contributed by atoms with van der Waals surface area (Å²) in [6.07, 6.45) is 0.616. The third-order valence-corrected chi connectivity index (χ3v) is 6.22. The largest absolute Gasteiger partial charge is 0.378 e. The van der Waals surface area contributed by atoms with Crippen molar-refractivity contribution in [2.45, 2.75) is 6.42 Å². The van der Waals surface area contributed by atoms with Crippen LogP contribution in [0.15, 0.2) is 54.6 Å². The van der Waals surface area contributed by atoms with Crippen molar-refractivity contribution in [1.29, 1.82) is 0 Å². The predicted molar refractivity (Wildman–Crippen MR) is 120 cm³/mol. The summed E-state index contributed by atoms with van der Waals surface area (Å²) in [5.41, 5.74) is 12.6. The Balaban J connectivity index is 1.61. The van der Waals surface area contributed by atoms with Gasteiger partial charge in [-0.15, -0.1) is 0 Å². The number of fused-ring (bicyclic) bond motifs is 3. The molecule has 3 aromatic rings. The van der Waals surface area contributed by atoms with E-state index in [0.29, 0.717) is 48.9 Å². The minimum Gasteiger partial charge on any atom is -0.378 e. The van der Waals surface area contributed by atoms with Gasteiger partial charge in [-0.1, -0.05) is 29.8 Å². The molecule has 1 aliphatic heterocycles. The average Bonchev–Trinajstić information content (AvgIpc) is 3.16. The average molecular weight is 433 g/mol. The number of carbonyl (C=O) groups excluding carboxylic acids is 2. The first-order chi connectivity index (χ1) is 15.0. The second-order valence-electron chi connectivity index (χ2n) is 7.88. The van der Waals surface area contributed by atoms with E-state index in [1.165, 1.54) is 0 Å². The molecule has 5 nitrogen and oxygen atoms in total. The fraction of sp³-hybridized carbons (Fsp3) is 0.200. The number of ether oxygens (including phenoxy) is 1. The molecule has 5 rings (SSSR count). The van der Waals surface area contributed by atoms with Crippen molar-refractivity contribution < 1.29 is 14.3 Å². The number of primary amides is 1. The zero-order chi connectivity index (χ0) is 21.5. The second-order valence-corrected chi connectivity index (χ2v) is 8.31. The van der Waals surface area contributed by atoms with Crippen molar-refractivity contribution in [3.63, 3.8) is 0 Å². The van der Waals surface area contributed by atoms with Crippen LogP contribution in [0.3, 0.4) is 0 Å². The van der Waals surface area contributed by atoms with Crippen LogP contribution in [-0.2, 0) is 11.2 Å². The van der Waals surface area contributed by atoms with Crippen molar-refractivity contribution in [2.75, 3.05) is 26.3 Å². The number of hydrogen-bond acceptors (Lipinski definition) is 3. The van der Waals surface area contributed by atoms with Crippen molar-refractivity contribution in [3.8, 4) is 22.3 Å². The first-order valence-corrected chi connectivity index (χ1v) is 10.6. The molecule has 1 aliphatic carbocycles. The van der Waals surface area contributed by atoms with E-state index in [0.717, 1.165) is 33.4 Å². The van der Waals surface area contributed by atoms with Crippen LogP contribution >= 0.6 is 11.6 Å². The third kappa shape index (κ3) is 3.60. The zero-order valence-electron chi connectivity index (χ0n) is 16.9. The molecule has 1 fully saturated rings. The number of nitrogens with zero attached hydrogens (tertiary/aromatic N) is 1. The van der Waals surface area contributed by atoms with Gasteiger partial charge in [-0.05, 0) is 76.2 Å². The smallest absolute Gasteiger partial charge is 0.254 e. The minimum absolute atomic E-state index is 0.000621. The van der Waals surface area contributed by atoms with Crippen molar-refractivity contribution in [3.05, 3.63) is 81.9 Å². The molecule has 1 saturated heterocycles. The highest BCUT2D eigenvalue weighted by Crippen LogP contribution is 2.42. The molecular formula is C25H21ClN2O3. The number of benzene rings is 3. The SMILES string of the molecule is NC(=O)c1cc(-c2cccc(Cl)c2)cc2c1Cc1ccc(C(=O)N3CCOCC3)cc1-2. The van der Waals surface area contributed by atoms with Crippen LogP contribution in [0.4, 0.5) is 0 Å². The fourth-order valence-corrected chi connectivity index (χ4v) is 4.60. The van der Waals surface area contributed by atoms with Gasteiger partial charge in [-0.2, -0.15) is 0 Å². The predicted octanol–water partition coefficient (Wildman–Crippen LogP) is 4.15. The summed E-state index contributed by atoms with van der Waals surface area (Å²) in [6, 6.07) is 17.2. The fourth-order valence-electron chi connectivity index (χ4n) is 4.41. The van der Waals surface area contributed by atoms with Gasteiger partial charge in [0.1, 0.15) is 0 Å². The Morgan fingerprint density at radius 2 is 1.74 bits per heavy atom. The highest BCUT2D eigenvalue weighted by atomic mass is 35.5.